The van der Waals surface area contributed by atoms with Gasteiger partial charge in [0.25, 0.3) is 0 Å². The van der Waals surface area contributed by atoms with Gasteiger partial charge >= 0.3 is 0 Å². The maximum Gasteiger partial charge on any atom is 0.191 e. The molecule has 0 aliphatic heterocycles. The summed E-state index contributed by atoms with van der Waals surface area (Å²) in [5.41, 5.74) is 1.20. The third-order valence-electron chi connectivity index (χ3n) is 3.94. The molecular weight excluding hydrogens is 459 g/mol. The van der Waals surface area contributed by atoms with E-state index in [-0.39, 0.29) is 36.0 Å². The van der Waals surface area contributed by atoms with E-state index in [1.807, 2.05) is 0 Å². The lowest BCUT2D eigenvalue weighted by molar-refractivity contribution is 0.243. The van der Waals surface area contributed by atoms with E-state index >= 15 is 0 Å². The van der Waals surface area contributed by atoms with Gasteiger partial charge in [-0.25, -0.2) is 9.98 Å². The van der Waals surface area contributed by atoms with E-state index in [2.05, 4.69) is 62.5 Å². The number of guanidine groups is 1. The molecule has 1 unspecified atom stereocenters. The Labute approximate surface area is 180 Å². The van der Waals surface area contributed by atoms with E-state index in [0.29, 0.717) is 18.4 Å². The van der Waals surface area contributed by atoms with Gasteiger partial charge in [0, 0.05) is 30.5 Å². The molecular formula is C19H37IN4OS. The van der Waals surface area contributed by atoms with Crippen molar-refractivity contribution in [3.8, 4) is 0 Å². The molecule has 0 amide bonds. The first-order chi connectivity index (χ1) is 11.8. The van der Waals surface area contributed by atoms with E-state index in [1.54, 1.807) is 11.3 Å². The maximum atomic E-state index is 9.26. The van der Waals surface area contributed by atoms with Gasteiger partial charge in [0.2, 0.25) is 0 Å². The predicted octanol–water partition coefficient (Wildman–Crippen LogP) is 4.16. The van der Waals surface area contributed by atoms with Gasteiger partial charge in [-0.15, -0.1) is 35.3 Å². The lowest BCUT2D eigenvalue weighted by Crippen LogP contribution is -2.40. The van der Waals surface area contributed by atoms with Gasteiger partial charge in [0.1, 0.15) is 5.01 Å². The Morgan fingerprint density at radius 2 is 2.00 bits per heavy atom. The molecule has 1 aromatic heterocycles. The number of nitrogens with one attached hydrogen (secondary N) is 2. The Bertz CT molecular complexity index is 526. The molecule has 26 heavy (non-hydrogen) atoms. The van der Waals surface area contributed by atoms with Crippen molar-refractivity contribution in [3.63, 3.8) is 0 Å². The van der Waals surface area contributed by atoms with Crippen LogP contribution in [-0.4, -0.2) is 35.7 Å². The van der Waals surface area contributed by atoms with Crippen LogP contribution in [0, 0.1) is 11.8 Å². The molecule has 0 aliphatic rings. The van der Waals surface area contributed by atoms with E-state index in [9.17, 15) is 5.11 Å². The smallest absolute Gasteiger partial charge is 0.191 e. The van der Waals surface area contributed by atoms with Crippen molar-refractivity contribution in [1.82, 2.24) is 15.6 Å². The molecule has 0 bridgehead atoms. The topological polar surface area (TPSA) is 69.5 Å². The SMILES string of the molecule is CCNC(=NCc1nc(C(C)(C)C)cs1)NCC(CCO)CC(C)C.I. The Hall–Kier alpha value is -0.410. The first-order valence-electron chi connectivity index (χ1n) is 9.34. The molecule has 1 aromatic rings. The molecule has 0 saturated carbocycles. The number of aliphatic hydroxyl groups excluding tert-OH is 1. The van der Waals surface area contributed by atoms with E-state index < -0.39 is 0 Å². The summed E-state index contributed by atoms with van der Waals surface area (Å²) >= 11 is 1.67. The number of aliphatic imine (C=N–C) groups is 1. The van der Waals surface area contributed by atoms with Crippen molar-refractivity contribution < 1.29 is 5.11 Å². The van der Waals surface area contributed by atoms with Crippen LogP contribution in [0.4, 0.5) is 0 Å². The monoisotopic (exact) mass is 496 g/mol. The molecule has 0 aliphatic carbocycles. The molecule has 5 nitrogen and oxygen atoms in total. The zero-order valence-corrected chi connectivity index (χ0v) is 20.3. The second-order valence-electron chi connectivity index (χ2n) is 7.96. The number of rotatable bonds is 9. The summed E-state index contributed by atoms with van der Waals surface area (Å²) in [5, 5.41) is 19.1. The average molecular weight is 497 g/mol. The molecule has 3 N–H and O–H groups in total. The second-order valence-corrected chi connectivity index (χ2v) is 8.90. The number of hydrogen-bond donors (Lipinski definition) is 3. The minimum absolute atomic E-state index is 0. The number of aromatic nitrogens is 1. The first kappa shape index (κ1) is 25.6. The summed E-state index contributed by atoms with van der Waals surface area (Å²) < 4.78 is 0. The highest BCUT2D eigenvalue weighted by Gasteiger charge is 2.17. The number of thiazole rings is 1. The van der Waals surface area contributed by atoms with E-state index in [0.717, 1.165) is 42.6 Å². The standard InChI is InChI=1S/C19H36N4OS.HI/c1-7-20-18(21-11-15(8-9-24)10-14(2)3)22-12-17-23-16(13-25-17)19(4,5)6;/h13-15,24H,7-12H2,1-6H3,(H2,20,21,22);1H. The van der Waals surface area contributed by atoms with Crippen molar-refractivity contribution in [1.29, 1.82) is 0 Å². The van der Waals surface area contributed by atoms with E-state index in [4.69, 9.17) is 4.98 Å². The summed E-state index contributed by atoms with van der Waals surface area (Å²) in [7, 11) is 0. The average Bonchev–Trinajstić information content (AvgIpc) is 2.98. The summed E-state index contributed by atoms with van der Waals surface area (Å²) in [6.45, 7) is 15.5. The summed E-state index contributed by atoms with van der Waals surface area (Å²) in [6.07, 6.45) is 1.93. The fourth-order valence-electron chi connectivity index (χ4n) is 2.61. The van der Waals surface area contributed by atoms with Crippen LogP contribution in [0.3, 0.4) is 0 Å². The van der Waals surface area contributed by atoms with Crippen molar-refractivity contribution >= 4 is 41.3 Å². The summed E-state index contributed by atoms with van der Waals surface area (Å²) in [6, 6.07) is 0. The minimum Gasteiger partial charge on any atom is -0.396 e. The molecule has 0 aromatic carbocycles. The third-order valence-corrected chi connectivity index (χ3v) is 4.77. The van der Waals surface area contributed by atoms with Gasteiger partial charge < -0.3 is 15.7 Å². The van der Waals surface area contributed by atoms with Crippen LogP contribution in [0.2, 0.25) is 0 Å². The highest BCUT2D eigenvalue weighted by molar-refractivity contribution is 14.0. The Kier molecular flexibility index (Phi) is 12.7. The summed E-state index contributed by atoms with van der Waals surface area (Å²) in [5.74, 6) is 1.91. The van der Waals surface area contributed by atoms with Crippen LogP contribution in [0.1, 0.15) is 65.1 Å². The van der Waals surface area contributed by atoms with Gasteiger partial charge in [-0.2, -0.15) is 0 Å². The Morgan fingerprint density at radius 3 is 2.50 bits per heavy atom. The molecule has 1 heterocycles. The lowest BCUT2D eigenvalue weighted by Gasteiger charge is -2.20. The number of aliphatic hydroxyl groups is 1. The van der Waals surface area contributed by atoms with Crippen LogP contribution in [0.25, 0.3) is 0 Å². The number of halogens is 1. The van der Waals surface area contributed by atoms with Crippen molar-refractivity contribution in [2.24, 2.45) is 16.8 Å². The molecule has 0 radical (unpaired) electrons. The number of nitrogens with zero attached hydrogens (tertiary/aromatic N) is 2. The van der Waals surface area contributed by atoms with Gasteiger partial charge in [0.05, 0.1) is 12.2 Å². The summed E-state index contributed by atoms with van der Waals surface area (Å²) in [4.78, 5) is 9.37. The fraction of sp³-hybridized carbons (Fsp3) is 0.789. The molecule has 1 atom stereocenters. The third kappa shape index (κ3) is 10.1. The van der Waals surface area contributed by atoms with Crippen molar-refractivity contribution in [3.05, 3.63) is 16.1 Å². The molecule has 0 saturated heterocycles. The van der Waals surface area contributed by atoms with Crippen LogP contribution in [-0.2, 0) is 12.0 Å². The second kappa shape index (κ2) is 12.9. The molecule has 1 rings (SSSR count). The Balaban J connectivity index is 0.00000625. The van der Waals surface area contributed by atoms with Crippen LogP contribution in [0.5, 0.6) is 0 Å². The van der Waals surface area contributed by atoms with Gasteiger partial charge in [0.15, 0.2) is 5.96 Å². The first-order valence-corrected chi connectivity index (χ1v) is 10.2. The minimum atomic E-state index is 0. The zero-order chi connectivity index (χ0) is 18.9. The maximum absolute atomic E-state index is 9.26. The quantitative estimate of drug-likeness (QED) is 0.273. The molecule has 0 spiro atoms. The number of hydrogen-bond acceptors (Lipinski definition) is 4. The zero-order valence-electron chi connectivity index (χ0n) is 17.1. The highest BCUT2D eigenvalue weighted by Crippen LogP contribution is 2.24. The van der Waals surface area contributed by atoms with Gasteiger partial charge in [-0.05, 0) is 31.6 Å². The normalized spacial score (nSPS) is 13.5. The van der Waals surface area contributed by atoms with Gasteiger partial charge in [-0.1, -0.05) is 34.6 Å². The van der Waals surface area contributed by atoms with Crippen LogP contribution < -0.4 is 10.6 Å². The largest absolute Gasteiger partial charge is 0.396 e. The van der Waals surface area contributed by atoms with Crippen LogP contribution >= 0.6 is 35.3 Å². The lowest BCUT2D eigenvalue weighted by atomic mass is 9.93. The Morgan fingerprint density at radius 1 is 1.31 bits per heavy atom. The molecule has 152 valence electrons. The predicted molar refractivity (Wildman–Crippen MR) is 124 cm³/mol. The molecule has 0 fully saturated rings. The van der Waals surface area contributed by atoms with Gasteiger partial charge in [-0.3, -0.25) is 0 Å². The van der Waals surface area contributed by atoms with E-state index in [1.165, 1.54) is 0 Å². The fourth-order valence-corrected chi connectivity index (χ4v) is 3.55. The van der Waals surface area contributed by atoms with Crippen LogP contribution in [0.15, 0.2) is 10.4 Å². The molecule has 7 heteroatoms. The highest BCUT2D eigenvalue weighted by atomic mass is 127. The van der Waals surface area contributed by atoms with Crippen molar-refractivity contribution in [2.45, 2.75) is 66.3 Å². The van der Waals surface area contributed by atoms with Crippen molar-refractivity contribution in [2.75, 3.05) is 19.7 Å².